The van der Waals surface area contributed by atoms with Gasteiger partial charge in [0, 0.05) is 31.2 Å². The van der Waals surface area contributed by atoms with Gasteiger partial charge < -0.3 is 20.1 Å². The van der Waals surface area contributed by atoms with Crippen LogP contribution in [0.5, 0.6) is 5.75 Å². The maximum absolute atomic E-state index is 12.5. The fraction of sp³-hybridized carbons (Fsp3) is 0.632. The minimum atomic E-state index is -2.85. The molecule has 2 fully saturated rings. The lowest BCUT2D eigenvalue weighted by Gasteiger charge is -2.35. The number of para-hydroxylation sites is 1. The van der Waals surface area contributed by atoms with Crippen LogP contribution in [0.4, 0.5) is 8.78 Å². The molecule has 0 aliphatic carbocycles. The molecule has 0 spiro atoms. The van der Waals surface area contributed by atoms with Crippen LogP contribution in [0.2, 0.25) is 0 Å². The molecule has 0 amide bonds. The van der Waals surface area contributed by atoms with Crippen LogP contribution in [0.1, 0.15) is 25.3 Å². The van der Waals surface area contributed by atoms with Gasteiger partial charge in [0.15, 0.2) is 5.96 Å². The normalized spacial score (nSPS) is 22.5. The van der Waals surface area contributed by atoms with Crippen molar-refractivity contribution >= 4 is 29.9 Å². The predicted molar refractivity (Wildman–Crippen MR) is 116 cm³/mol. The fourth-order valence-corrected chi connectivity index (χ4v) is 3.57. The number of hydrogen-bond donors (Lipinski definition) is 2. The van der Waals surface area contributed by atoms with Gasteiger partial charge >= 0.3 is 6.61 Å². The first-order valence-electron chi connectivity index (χ1n) is 9.56. The van der Waals surface area contributed by atoms with E-state index in [4.69, 9.17) is 4.74 Å². The van der Waals surface area contributed by atoms with Crippen molar-refractivity contribution < 1.29 is 18.3 Å². The Kier molecular flexibility index (Phi) is 9.66. The average molecular weight is 510 g/mol. The zero-order valence-corrected chi connectivity index (χ0v) is 18.4. The number of rotatable bonds is 7. The number of morpholine rings is 1. The molecule has 0 radical (unpaired) electrons. The second kappa shape index (κ2) is 11.7. The van der Waals surface area contributed by atoms with Gasteiger partial charge in [-0.2, -0.15) is 8.78 Å². The highest BCUT2D eigenvalue weighted by Crippen LogP contribution is 2.22. The predicted octanol–water partition coefficient (Wildman–Crippen LogP) is 2.82. The summed E-state index contributed by atoms with van der Waals surface area (Å²) >= 11 is 0. The number of halogens is 3. The summed E-state index contributed by atoms with van der Waals surface area (Å²) in [6.07, 6.45) is 2.60. The maximum atomic E-state index is 12.5. The number of aliphatic imine (C=N–C) groups is 1. The molecule has 9 heteroatoms. The molecular formula is C19H29F2IN4O2. The number of hydrogen-bond acceptors (Lipinski definition) is 4. The molecule has 2 saturated heterocycles. The highest BCUT2D eigenvalue weighted by atomic mass is 127. The SMILES string of the molecule is CCNC(=NCc1ccccc1OC(F)F)NCC1CN2CCCC2CO1.I. The number of fused-ring (bicyclic) bond motifs is 1. The summed E-state index contributed by atoms with van der Waals surface area (Å²) in [5.41, 5.74) is 0.615. The Labute approximate surface area is 182 Å². The van der Waals surface area contributed by atoms with Crippen molar-refractivity contribution in [1.82, 2.24) is 15.5 Å². The van der Waals surface area contributed by atoms with E-state index in [0.29, 0.717) is 30.7 Å². The first-order chi connectivity index (χ1) is 13.2. The molecule has 28 heavy (non-hydrogen) atoms. The molecule has 1 aromatic rings. The molecule has 2 N–H and O–H groups in total. The van der Waals surface area contributed by atoms with Gasteiger partial charge in [0.2, 0.25) is 0 Å². The van der Waals surface area contributed by atoms with E-state index in [1.54, 1.807) is 18.2 Å². The second-order valence-electron chi connectivity index (χ2n) is 6.81. The molecule has 6 nitrogen and oxygen atoms in total. The van der Waals surface area contributed by atoms with Gasteiger partial charge in [0.05, 0.1) is 19.3 Å². The molecule has 0 bridgehead atoms. The molecular weight excluding hydrogens is 481 g/mol. The molecule has 0 aromatic heterocycles. The third-order valence-corrected chi connectivity index (χ3v) is 4.90. The van der Waals surface area contributed by atoms with E-state index in [1.807, 2.05) is 6.92 Å². The summed E-state index contributed by atoms with van der Waals surface area (Å²) in [5, 5.41) is 6.48. The molecule has 2 atom stereocenters. The number of guanidine groups is 1. The Bertz CT molecular complexity index is 636. The first kappa shape index (κ1) is 23.1. The van der Waals surface area contributed by atoms with Crippen LogP contribution in [0.15, 0.2) is 29.3 Å². The molecule has 2 unspecified atom stereocenters. The third-order valence-electron chi connectivity index (χ3n) is 4.90. The van der Waals surface area contributed by atoms with E-state index in [2.05, 4.69) is 25.3 Å². The lowest BCUT2D eigenvalue weighted by Crippen LogP contribution is -2.51. The molecule has 2 heterocycles. The zero-order valence-electron chi connectivity index (χ0n) is 16.1. The lowest BCUT2D eigenvalue weighted by atomic mass is 10.2. The van der Waals surface area contributed by atoms with Crippen LogP contribution in [0.25, 0.3) is 0 Å². The summed E-state index contributed by atoms with van der Waals surface area (Å²) < 4.78 is 35.6. The van der Waals surface area contributed by atoms with E-state index >= 15 is 0 Å². The van der Waals surface area contributed by atoms with Crippen molar-refractivity contribution in [3.05, 3.63) is 29.8 Å². The zero-order chi connectivity index (χ0) is 19.1. The number of nitrogens with one attached hydrogen (secondary N) is 2. The van der Waals surface area contributed by atoms with Gasteiger partial charge in [-0.25, -0.2) is 4.99 Å². The summed E-state index contributed by atoms with van der Waals surface area (Å²) in [7, 11) is 0. The number of alkyl halides is 2. The summed E-state index contributed by atoms with van der Waals surface area (Å²) in [5.74, 6) is 0.791. The van der Waals surface area contributed by atoms with E-state index < -0.39 is 6.61 Å². The van der Waals surface area contributed by atoms with E-state index in [0.717, 1.165) is 19.7 Å². The largest absolute Gasteiger partial charge is 0.434 e. The number of ether oxygens (including phenoxy) is 2. The van der Waals surface area contributed by atoms with Gasteiger partial charge in [-0.05, 0) is 32.4 Å². The van der Waals surface area contributed by atoms with Crippen LogP contribution in [-0.2, 0) is 11.3 Å². The summed E-state index contributed by atoms with van der Waals surface area (Å²) in [6, 6.07) is 7.30. The van der Waals surface area contributed by atoms with Crippen molar-refractivity contribution in [3.8, 4) is 5.75 Å². The summed E-state index contributed by atoms with van der Waals surface area (Å²) in [6.45, 7) is 3.62. The van der Waals surface area contributed by atoms with E-state index in [-0.39, 0.29) is 42.4 Å². The Morgan fingerprint density at radius 1 is 1.36 bits per heavy atom. The third kappa shape index (κ3) is 6.70. The topological polar surface area (TPSA) is 58.1 Å². The van der Waals surface area contributed by atoms with Crippen LogP contribution < -0.4 is 15.4 Å². The van der Waals surface area contributed by atoms with Gasteiger partial charge in [-0.1, -0.05) is 18.2 Å². The first-order valence-corrected chi connectivity index (χ1v) is 9.56. The number of benzene rings is 1. The molecule has 2 aliphatic heterocycles. The number of nitrogens with zero attached hydrogens (tertiary/aromatic N) is 2. The van der Waals surface area contributed by atoms with Crippen molar-refractivity contribution in [1.29, 1.82) is 0 Å². The monoisotopic (exact) mass is 510 g/mol. The Morgan fingerprint density at radius 3 is 2.96 bits per heavy atom. The van der Waals surface area contributed by atoms with Crippen LogP contribution in [0.3, 0.4) is 0 Å². The molecule has 2 aliphatic rings. The quantitative estimate of drug-likeness (QED) is 0.336. The molecule has 3 rings (SSSR count). The standard InChI is InChI=1S/C19H28F2N4O2.HI/c1-2-22-19(23-10-14-6-3-4-8-17(14)27-18(20)21)24-11-16-12-25-9-5-7-15(25)13-26-16;/h3-4,6,8,15-16,18H,2,5,7,9-13H2,1H3,(H2,22,23,24);1H. The van der Waals surface area contributed by atoms with Gasteiger partial charge in [-0.15, -0.1) is 24.0 Å². The Hall–Kier alpha value is -1.20. The van der Waals surface area contributed by atoms with Crippen molar-refractivity contribution in [2.45, 2.75) is 45.1 Å². The smallest absolute Gasteiger partial charge is 0.387 e. The van der Waals surface area contributed by atoms with Crippen LogP contribution >= 0.6 is 24.0 Å². The van der Waals surface area contributed by atoms with Crippen molar-refractivity contribution in [2.24, 2.45) is 4.99 Å². The van der Waals surface area contributed by atoms with Crippen LogP contribution in [-0.4, -0.2) is 62.4 Å². The second-order valence-corrected chi connectivity index (χ2v) is 6.81. The highest BCUT2D eigenvalue weighted by molar-refractivity contribution is 14.0. The summed E-state index contributed by atoms with van der Waals surface area (Å²) in [4.78, 5) is 7.00. The average Bonchev–Trinajstić information content (AvgIpc) is 3.12. The minimum absolute atomic E-state index is 0. The molecule has 158 valence electrons. The lowest BCUT2D eigenvalue weighted by molar-refractivity contribution is -0.0504. The van der Waals surface area contributed by atoms with E-state index in [9.17, 15) is 8.78 Å². The van der Waals surface area contributed by atoms with Gasteiger partial charge in [0.25, 0.3) is 0 Å². The Balaban J connectivity index is 0.00000280. The van der Waals surface area contributed by atoms with Crippen LogP contribution in [0, 0.1) is 0 Å². The molecule has 0 saturated carbocycles. The van der Waals surface area contributed by atoms with Crippen molar-refractivity contribution in [3.63, 3.8) is 0 Å². The van der Waals surface area contributed by atoms with Crippen molar-refractivity contribution in [2.75, 3.05) is 32.8 Å². The minimum Gasteiger partial charge on any atom is -0.434 e. The van der Waals surface area contributed by atoms with Gasteiger partial charge in [0.1, 0.15) is 5.75 Å². The fourth-order valence-electron chi connectivity index (χ4n) is 3.57. The van der Waals surface area contributed by atoms with Gasteiger partial charge in [-0.3, -0.25) is 4.90 Å². The maximum Gasteiger partial charge on any atom is 0.387 e. The highest BCUT2D eigenvalue weighted by Gasteiger charge is 2.32. The Morgan fingerprint density at radius 2 is 2.18 bits per heavy atom. The molecule has 1 aromatic carbocycles. The van der Waals surface area contributed by atoms with E-state index in [1.165, 1.54) is 18.9 Å².